The second kappa shape index (κ2) is 8.73. The van der Waals surface area contributed by atoms with Crippen LogP contribution in [0.1, 0.15) is 20.8 Å². The molecule has 1 aromatic heterocycles. The maximum atomic E-state index is 12.3. The van der Waals surface area contributed by atoms with Gasteiger partial charge in [0, 0.05) is 23.9 Å². The van der Waals surface area contributed by atoms with Crippen molar-refractivity contribution < 1.29 is 24.0 Å². The number of hydrazine groups is 1. The largest absolute Gasteiger partial charge is 0.493 e. The van der Waals surface area contributed by atoms with Gasteiger partial charge in [-0.15, -0.1) is 0 Å². The van der Waals surface area contributed by atoms with Crippen molar-refractivity contribution in [2.24, 2.45) is 0 Å². The number of nitrogens with one attached hydrogen (secondary N) is 2. The molecule has 1 heterocycles. The summed E-state index contributed by atoms with van der Waals surface area (Å²) >= 11 is 0. The highest BCUT2D eigenvalue weighted by molar-refractivity contribution is 5.98. The summed E-state index contributed by atoms with van der Waals surface area (Å²) in [5, 5.41) is 14.8. The first-order chi connectivity index (χ1) is 14.4. The van der Waals surface area contributed by atoms with Gasteiger partial charge in [-0.2, -0.15) is 5.10 Å². The van der Waals surface area contributed by atoms with Gasteiger partial charge in [0.2, 0.25) is 0 Å². The predicted molar refractivity (Wildman–Crippen MR) is 105 cm³/mol. The number of hydrogen-bond acceptors (Lipinski definition) is 7. The van der Waals surface area contributed by atoms with E-state index in [4.69, 9.17) is 9.47 Å². The molecule has 0 saturated carbocycles. The minimum Gasteiger partial charge on any atom is -0.493 e. The van der Waals surface area contributed by atoms with Crippen molar-refractivity contribution in [2.75, 3.05) is 14.2 Å². The number of nitrogens with zero attached hydrogens (tertiary/aromatic N) is 3. The number of aromatic nitrogens is 2. The number of nitro groups is 1. The molecule has 3 aromatic rings. The van der Waals surface area contributed by atoms with E-state index in [1.807, 2.05) is 0 Å². The molecule has 154 valence electrons. The zero-order chi connectivity index (χ0) is 21.7. The average molecular weight is 411 g/mol. The van der Waals surface area contributed by atoms with Crippen molar-refractivity contribution in [1.82, 2.24) is 20.6 Å². The summed E-state index contributed by atoms with van der Waals surface area (Å²) in [5.74, 6) is -0.350. The van der Waals surface area contributed by atoms with Crippen molar-refractivity contribution in [3.8, 4) is 17.2 Å². The zero-order valence-electron chi connectivity index (χ0n) is 16.0. The predicted octanol–water partition coefficient (Wildman–Crippen LogP) is 1.87. The molecule has 0 atom stereocenters. The molecule has 2 aromatic carbocycles. The number of hydrogen-bond donors (Lipinski definition) is 2. The Bertz CT molecular complexity index is 1090. The lowest BCUT2D eigenvalue weighted by Gasteiger charge is -2.10. The summed E-state index contributed by atoms with van der Waals surface area (Å²) in [6, 6.07) is 11.7. The van der Waals surface area contributed by atoms with Crippen LogP contribution in [0.4, 0.5) is 5.69 Å². The fourth-order valence-electron chi connectivity index (χ4n) is 2.54. The molecule has 0 bridgehead atoms. The SMILES string of the molecule is COc1ccc(C(=O)NNC(=O)c2ccn(-c3ccc([N+](=O)[O-])cc3)n2)cc1OC. The smallest absolute Gasteiger partial charge is 0.290 e. The summed E-state index contributed by atoms with van der Waals surface area (Å²) < 4.78 is 11.6. The minimum absolute atomic E-state index is 0.0426. The Morgan fingerprint density at radius 2 is 1.63 bits per heavy atom. The highest BCUT2D eigenvalue weighted by atomic mass is 16.6. The molecule has 11 heteroatoms. The molecular formula is C19H17N5O6. The third-order valence-electron chi connectivity index (χ3n) is 4.08. The Morgan fingerprint density at radius 1 is 0.967 bits per heavy atom. The molecule has 0 spiro atoms. The quantitative estimate of drug-likeness (QED) is 0.466. The third-order valence-corrected chi connectivity index (χ3v) is 4.08. The lowest BCUT2D eigenvalue weighted by atomic mass is 10.2. The van der Waals surface area contributed by atoms with Gasteiger partial charge in [0.15, 0.2) is 17.2 Å². The van der Waals surface area contributed by atoms with Gasteiger partial charge in [-0.25, -0.2) is 4.68 Å². The zero-order valence-corrected chi connectivity index (χ0v) is 16.0. The number of nitro benzene ring substituents is 1. The van der Waals surface area contributed by atoms with E-state index in [-0.39, 0.29) is 16.9 Å². The van der Waals surface area contributed by atoms with E-state index in [9.17, 15) is 19.7 Å². The number of amides is 2. The van der Waals surface area contributed by atoms with Crippen LogP contribution in [0.5, 0.6) is 11.5 Å². The number of benzene rings is 2. The number of methoxy groups -OCH3 is 2. The van der Waals surface area contributed by atoms with Crippen LogP contribution in [-0.2, 0) is 0 Å². The Kier molecular flexibility index (Phi) is 5.92. The van der Waals surface area contributed by atoms with Gasteiger partial charge in [0.25, 0.3) is 17.5 Å². The standard InChI is InChI=1S/C19H17N5O6/c1-29-16-8-3-12(11-17(16)30-2)18(25)20-21-19(26)15-9-10-23(22-15)13-4-6-14(7-5-13)24(27)28/h3-11H,1-2H3,(H,20,25)(H,21,26). The second-order valence-corrected chi connectivity index (χ2v) is 5.90. The molecule has 0 aliphatic heterocycles. The van der Waals surface area contributed by atoms with E-state index >= 15 is 0 Å². The van der Waals surface area contributed by atoms with E-state index in [2.05, 4.69) is 16.0 Å². The molecule has 0 unspecified atom stereocenters. The Morgan fingerprint density at radius 3 is 2.27 bits per heavy atom. The van der Waals surface area contributed by atoms with Crippen molar-refractivity contribution in [1.29, 1.82) is 0 Å². The van der Waals surface area contributed by atoms with Crippen LogP contribution in [-0.4, -0.2) is 40.7 Å². The van der Waals surface area contributed by atoms with Gasteiger partial charge < -0.3 is 9.47 Å². The van der Waals surface area contributed by atoms with E-state index < -0.39 is 16.7 Å². The van der Waals surface area contributed by atoms with E-state index in [0.717, 1.165) is 0 Å². The van der Waals surface area contributed by atoms with Gasteiger partial charge in [-0.3, -0.25) is 30.6 Å². The first-order valence-electron chi connectivity index (χ1n) is 8.56. The first-order valence-corrected chi connectivity index (χ1v) is 8.56. The summed E-state index contributed by atoms with van der Waals surface area (Å²) in [6.07, 6.45) is 1.52. The molecule has 2 amide bonds. The number of ether oxygens (including phenoxy) is 2. The van der Waals surface area contributed by atoms with Crippen molar-refractivity contribution in [3.05, 3.63) is 76.1 Å². The highest BCUT2D eigenvalue weighted by Gasteiger charge is 2.14. The summed E-state index contributed by atoms with van der Waals surface area (Å²) in [4.78, 5) is 34.7. The number of carbonyl (C=O) groups excluding carboxylic acids is 2. The van der Waals surface area contributed by atoms with Gasteiger partial charge >= 0.3 is 0 Å². The molecule has 0 aliphatic carbocycles. The summed E-state index contributed by atoms with van der Waals surface area (Å²) in [6.45, 7) is 0. The van der Waals surface area contributed by atoms with Crippen molar-refractivity contribution in [3.63, 3.8) is 0 Å². The van der Waals surface area contributed by atoms with Crippen LogP contribution < -0.4 is 20.3 Å². The fraction of sp³-hybridized carbons (Fsp3) is 0.105. The first kappa shape index (κ1) is 20.3. The van der Waals surface area contributed by atoms with Crippen LogP contribution in [0.25, 0.3) is 5.69 Å². The van der Waals surface area contributed by atoms with Crippen molar-refractivity contribution >= 4 is 17.5 Å². The monoisotopic (exact) mass is 411 g/mol. The summed E-state index contributed by atoms with van der Waals surface area (Å²) in [5.41, 5.74) is 5.35. The molecule has 3 rings (SSSR count). The Labute approximate surface area is 170 Å². The maximum absolute atomic E-state index is 12.3. The topological polar surface area (TPSA) is 138 Å². The maximum Gasteiger partial charge on any atom is 0.290 e. The van der Waals surface area contributed by atoms with Crippen LogP contribution in [0, 0.1) is 10.1 Å². The van der Waals surface area contributed by atoms with E-state index in [1.54, 1.807) is 6.07 Å². The van der Waals surface area contributed by atoms with Crippen LogP contribution in [0.15, 0.2) is 54.7 Å². The van der Waals surface area contributed by atoms with Gasteiger partial charge in [-0.05, 0) is 36.4 Å². The normalized spacial score (nSPS) is 10.2. The Hall–Kier alpha value is -4.41. The van der Waals surface area contributed by atoms with E-state index in [1.165, 1.54) is 67.6 Å². The number of carbonyl (C=O) groups is 2. The molecule has 0 fully saturated rings. The van der Waals surface area contributed by atoms with Gasteiger partial charge in [-0.1, -0.05) is 0 Å². The molecule has 0 aliphatic rings. The van der Waals surface area contributed by atoms with Crippen LogP contribution >= 0.6 is 0 Å². The van der Waals surface area contributed by atoms with Gasteiger partial charge in [0.05, 0.1) is 24.8 Å². The van der Waals surface area contributed by atoms with Crippen LogP contribution in [0.3, 0.4) is 0 Å². The molecule has 0 radical (unpaired) electrons. The third kappa shape index (κ3) is 4.35. The number of rotatable bonds is 6. The average Bonchev–Trinajstić information content (AvgIpc) is 3.27. The summed E-state index contributed by atoms with van der Waals surface area (Å²) in [7, 11) is 2.93. The molecule has 30 heavy (non-hydrogen) atoms. The number of non-ortho nitro benzene ring substituents is 1. The molecule has 2 N–H and O–H groups in total. The molecule has 0 saturated heterocycles. The Balaban J connectivity index is 1.64. The lowest BCUT2D eigenvalue weighted by Crippen LogP contribution is -2.41. The molecule has 11 nitrogen and oxygen atoms in total. The minimum atomic E-state index is -0.635. The highest BCUT2D eigenvalue weighted by Crippen LogP contribution is 2.27. The van der Waals surface area contributed by atoms with Crippen molar-refractivity contribution in [2.45, 2.75) is 0 Å². The van der Waals surface area contributed by atoms with E-state index in [0.29, 0.717) is 17.2 Å². The second-order valence-electron chi connectivity index (χ2n) is 5.90. The molecular weight excluding hydrogens is 394 g/mol. The van der Waals surface area contributed by atoms with Gasteiger partial charge in [0.1, 0.15) is 0 Å². The lowest BCUT2D eigenvalue weighted by molar-refractivity contribution is -0.384. The fourth-order valence-corrected chi connectivity index (χ4v) is 2.54. The van der Waals surface area contributed by atoms with Crippen LogP contribution in [0.2, 0.25) is 0 Å².